The summed E-state index contributed by atoms with van der Waals surface area (Å²) in [4.78, 5) is 0. The molecule has 0 aliphatic carbocycles. The Hall–Kier alpha value is -2.10. The first-order valence-corrected chi connectivity index (χ1v) is 5.69. The van der Waals surface area contributed by atoms with E-state index in [0.29, 0.717) is 29.9 Å². The Balaban J connectivity index is 1.95. The van der Waals surface area contributed by atoms with E-state index in [1.165, 1.54) is 18.2 Å². The van der Waals surface area contributed by atoms with Crippen LogP contribution in [0.5, 0.6) is 0 Å². The number of hydrogen-bond acceptors (Lipinski definition) is 2. The van der Waals surface area contributed by atoms with E-state index >= 15 is 0 Å². The van der Waals surface area contributed by atoms with Gasteiger partial charge in [0.25, 0.3) is 0 Å². The normalized spacial score (nSPS) is 10.3. The molecule has 94 valence electrons. The minimum atomic E-state index is -0.368. The highest BCUT2D eigenvalue weighted by molar-refractivity contribution is 5.65. The van der Waals surface area contributed by atoms with Crippen LogP contribution in [0, 0.1) is 11.6 Å². The van der Waals surface area contributed by atoms with Gasteiger partial charge in [-0.15, -0.1) is 0 Å². The topological polar surface area (TPSA) is 38.0 Å². The average Bonchev–Trinajstić information content (AvgIpc) is 2.34. The Morgan fingerprint density at radius 3 is 2.56 bits per heavy atom. The molecule has 3 N–H and O–H groups in total. The van der Waals surface area contributed by atoms with Gasteiger partial charge in [-0.25, -0.2) is 8.78 Å². The Labute approximate surface area is 104 Å². The molecule has 2 rings (SSSR count). The minimum absolute atomic E-state index is 0.216. The average molecular weight is 248 g/mol. The Kier molecular flexibility index (Phi) is 3.77. The first-order chi connectivity index (χ1) is 8.66. The summed E-state index contributed by atoms with van der Waals surface area (Å²) in [6, 6.07) is 10.8. The van der Waals surface area contributed by atoms with Crippen LogP contribution < -0.4 is 11.1 Å². The molecular weight excluding hydrogens is 234 g/mol. The van der Waals surface area contributed by atoms with Crippen LogP contribution in [-0.4, -0.2) is 6.54 Å². The third-order valence-corrected chi connectivity index (χ3v) is 2.68. The number of nitrogens with one attached hydrogen (secondary N) is 1. The standard InChI is InChI=1S/C14H14F2N2/c15-11-5-6-14(13(17)9-11)18-8-7-10-3-1-2-4-12(10)16/h1-6,9,18H,7-8,17H2. The summed E-state index contributed by atoms with van der Waals surface area (Å²) in [6.07, 6.45) is 0.545. The van der Waals surface area contributed by atoms with Crippen LogP contribution in [0.2, 0.25) is 0 Å². The monoisotopic (exact) mass is 248 g/mol. The maximum atomic E-state index is 13.3. The second kappa shape index (κ2) is 5.49. The molecule has 4 heteroatoms. The lowest BCUT2D eigenvalue weighted by molar-refractivity contribution is 0.610. The van der Waals surface area contributed by atoms with Gasteiger partial charge >= 0.3 is 0 Å². The summed E-state index contributed by atoms with van der Waals surface area (Å²) >= 11 is 0. The lowest BCUT2D eigenvalue weighted by Gasteiger charge is -2.09. The SMILES string of the molecule is Nc1cc(F)ccc1NCCc1ccccc1F. The molecule has 0 amide bonds. The molecule has 18 heavy (non-hydrogen) atoms. The second-order valence-corrected chi connectivity index (χ2v) is 4.00. The summed E-state index contributed by atoms with van der Waals surface area (Å²) in [7, 11) is 0. The molecule has 0 radical (unpaired) electrons. The van der Waals surface area contributed by atoms with Gasteiger partial charge in [0.05, 0.1) is 11.4 Å². The minimum Gasteiger partial charge on any atom is -0.397 e. The zero-order chi connectivity index (χ0) is 13.0. The lowest BCUT2D eigenvalue weighted by Crippen LogP contribution is -2.08. The number of nitrogens with two attached hydrogens (primary N) is 1. The van der Waals surface area contributed by atoms with Gasteiger partial charge in [0.1, 0.15) is 11.6 Å². The molecule has 0 spiro atoms. The molecule has 0 saturated carbocycles. The number of benzene rings is 2. The van der Waals surface area contributed by atoms with E-state index in [9.17, 15) is 8.78 Å². The molecule has 0 bridgehead atoms. The molecule has 0 aliphatic heterocycles. The summed E-state index contributed by atoms with van der Waals surface area (Å²) in [5, 5.41) is 3.06. The maximum Gasteiger partial charge on any atom is 0.126 e. The van der Waals surface area contributed by atoms with Crippen LogP contribution >= 0.6 is 0 Å². The van der Waals surface area contributed by atoms with Crippen molar-refractivity contribution in [1.29, 1.82) is 0 Å². The lowest BCUT2D eigenvalue weighted by atomic mass is 10.1. The van der Waals surface area contributed by atoms with Gasteiger partial charge in [-0.2, -0.15) is 0 Å². The van der Waals surface area contributed by atoms with Crippen molar-refractivity contribution in [2.75, 3.05) is 17.6 Å². The molecule has 0 unspecified atom stereocenters. The smallest absolute Gasteiger partial charge is 0.126 e. The fourth-order valence-electron chi connectivity index (χ4n) is 1.73. The van der Waals surface area contributed by atoms with E-state index in [1.807, 2.05) is 0 Å². The van der Waals surface area contributed by atoms with E-state index < -0.39 is 0 Å². The predicted molar refractivity (Wildman–Crippen MR) is 69.4 cm³/mol. The number of halogens is 2. The highest BCUT2D eigenvalue weighted by Gasteiger charge is 2.02. The first-order valence-electron chi connectivity index (χ1n) is 5.69. The van der Waals surface area contributed by atoms with Gasteiger partial charge in [0.2, 0.25) is 0 Å². The predicted octanol–water partition coefficient (Wildman–Crippen LogP) is 3.20. The third kappa shape index (κ3) is 2.97. The summed E-state index contributed by atoms with van der Waals surface area (Å²) in [5.41, 5.74) is 7.31. The van der Waals surface area contributed by atoms with Crippen LogP contribution in [0.15, 0.2) is 42.5 Å². The van der Waals surface area contributed by atoms with E-state index in [4.69, 9.17) is 5.73 Å². The van der Waals surface area contributed by atoms with Crippen molar-refractivity contribution in [2.45, 2.75) is 6.42 Å². The van der Waals surface area contributed by atoms with Crippen LogP contribution in [-0.2, 0) is 6.42 Å². The van der Waals surface area contributed by atoms with E-state index in [0.717, 1.165) is 0 Å². The third-order valence-electron chi connectivity index (χ3n) is 2.68. The number of anilines is 2. The molecule has 0 saturated heterocycles. The van der Waals surface area contributed by atoms with Crippen LogP contribution in [0.4, 0.5) is 20.2 Å². The van der Waals surface area contributed by atoms with E-state index in [2.05, 4.69) is 5.32 Å². The number of rotatable bonds is 4. The zero-order valence-electron chi connectivity index (χ0n) is 9.79. The van der Waals surface area contributed by atoms with Crippen molar-refractivity contribution in [2.24, 2.45) is 0 Å². The summed E-state index contributed by atoms with van der Waals surface area (Å²) in [6.45, 7) is 0.538. The molecule has 2 aromatic carbocycles. The van der Waals surface area contributed by atoms with Crippen LogP contribution in [0.25, 0.3) is 0 Å². The Morgan fingerprint density at radius 2 is 1.83 bits per heavy atom. The first kappa shape index (κ1) is 12.4. The van der Waals surface area contributed by atoms with Gasteiger partial charge in [-0.05, 0) is 36.2 Å². The van der Waals surface area contributed by atoms with Gasteiger partial charge < -0.3 is 11.1 Å². The molecule has 2 nitrogen and oxygen atoms in total. The molecule has 0 aromatic heterocycles. The summed E-state index contributed by atoms with van der Waals surface area (Å²) < 4.78 is 26.2. The van der Waals surface area contributed by atoms with Crippen molar-refractivity contribution in [3.05, 3.63) is 59.7 Å². The largest absolute Gasteiger partial charge is 0.397 e. The van der Waals surface area contributed by atoms with Gasteiger partial charge in [0.15, 0.2) is 0 Å². The van der Waals surface area contributed by atoms with Crippen LogP contribution in [0.1, 0.15) is 5.56 Å². The fraction of sp³-hybridized carbons (Fsp3) is 0.143. The molecule has 0 aliphatic rings. The van der Waals surface area contributed by atoms with Crippen molar-refractivity contribution in [3.8, 4) is 0 Å². The Bertz CT molecular complexity index is 541. The Morgan fingerprint density at radius 1 is 1.06 bits per heavy atom. The summed E-state index contributed by atoms with van der Waals surface area (Å²) in [5.74, 6) is -0.585. The molecule has 0 fully saturated rings. The quantitative estimate of drug-likeness (QED) is 0.815. The van der Waals surface area contributed by atoms with Crippen molar-refractivity contribution in [3.63, 3.8) is 0 Å². The highest BCUT2D eigenvalue weighted by atomic mass is 19.1. The number of hydrogen-bond donors (Lipinski definition) is 2. The molecule has 0 atom stereocenters. The highest BCUT2D eigenvalue weighted by Crippen LogP contribution is 2.19. The van der Waals surface area contributed by atoms with Crippen molar-refractivity contribution in [1.82, 2.24) is 0 Å². The molecular formula is C14H14F2N2. The maximum absolute atomic E-state index is 13.3. The molecule has 2 aromatic rings. The molecule has 0 heterocycles. The van der Waals surface area contributed by atoms with Gasteiger partial charge in [-0.3, -0.25) is 0 Å². The van der Waals surface area contributed by atoms with Gasteiger partial charge in [-0.1, -0.05) is 18.2 Å². The fourth-order valence-corrected chi connectivity index (χ4v) is 1.73. The second-order valence-electron chi connectivity index (χ2n) is 4.00. The van der Waals surface area contributed by atoms with Crippen molar-refractivity contribution >= 4 is 11.4 Å². The van der Waals surface area contributed by atoms with Crippen molar-refractivity contribution < 1.29 is 8.78 Å². The van der Waals surface area contributed by atoms with Gasteiger partial charge in [0, 0.05) is 6.54 Å². The van der Waals surface area contributed by atoms with E-state index in [1.54, 1.807) is 24.3 Å². The van der Waals surface area contributed by atoms with Crippen LogP contribution in [0.3, 0.4) is 0 Å². The number of nitrogen functional groups attached to an aromatic ring is 1. The zero-order valence-corrected chi connectivity index (χ0v) is 9.79. The van der Waals surface area contributed by atoms with E-state index in [-0.39, 0.29) is 11.6 Å².